The Bertz CT molecular complexity index is 518. The number of hydrogen-bond donors (Lipinski definition) is 2. The molecule has 0 atom stereocenters. The molecule has 0 aliphatic heterocycles. The zero-order chi connectivity index (χ0) is 14.5. The zero-order valence-corrected chi connectivity index (χ0v) is 13.1. The third-order valence-corrected chi connectivity index (χ3v) is 3.67. The molecule has 20 heavy (non-hydrogen) atoms. The lowest BCUT2D eigenvalue weighted by Crippen LogP contribution is -2.25. The molecule has 0 unspecified atom stereocenters. The third kappa shape index (κ3) is 4.62. The van der Waals surface area contributed by atoms with Gasteiger partial charge in [-0.25, -0.2) is 0 Å². The summed E-state index contributed by atoms with van der Waals surface area (Å²) in [5.74, 6) is 0.0615. The van der Waals surface area contributed by atoms with Crippen molar-refractivity contribution in [3.63, 3.8) is 0 Å². The van der Waals surface area contributed by atoms with Gasteiger partial charge in [-0.3, -0.25) is 14.9 Å². The molecule has 0 radical (unpaired) electrons. The van der Waals surface area contributed by atoms with Gasteiger partial charge in [0.15, 0.2) is 0 Å². The first kappa shape index (κ1) is 15.0. The summed E-state index contributed by atoms with van der Waals surface area (Å²) in [7, 11) is 0. The Hall–Kier alpha value is -1.38. The van der Waals surface area contributed by atoms with Gasteiger partial charge in [0.25, 0.3) is 5.69 Å². The van der Waals surface area contributed by atoms with Crippen molar-refractivity contribution in [3.05, 3.63) is 31.9 Å². The number of halogens is 1. The van der Waals surface area contributed by atoms with E-state index in [2.05, 4.69) is 10.6 Å². The number of nitrogens with one attached hydrogen (secondary N) is 2. The average Bonchev–Trinajstić information content (AvgIpc) is 3.19. The summed E-state index contributed by atoms with van der Waals surface area (Å²) in [5.41, 5.74) is 0.567. The van der Waals surface area contributed by atoms with Crippen LogP contribution in [0, 0.1) is 13.7 Å². The lowest BCUT2D eigenvalue weighted by molar-refractivity contribution is -0.384. The van der Waals surface area contributed by atoms with Gasteiger partial charge in [-0.15, -0.1) is 0 Å². The maximum absolute atomic E-state index is 11.5. The molecular weight excluding hydrogens is 373 g/mol. The summed E-state index contributed by atoms with van der Waals surface area (Å²) in [6.07, 6.45) is 3.26. The molecule has 2 N–H and O–H groups in total. The fourth-order valence-corrected chi connectivity index (χ4v) is 2.28. The minimum absolute atomic E-state index is 0.0615. The normalized spacial score (nSPS) is 13.8. The van der Waals surface area contributed by atoms with E-state index in [-0.39, 0.29) is 11.6 Å². The third-order valence-electron chi connectivity index (χ3n) is 3.00. The minimum atomic E-state index is -0.399. The molecule has 0 saturated heterocycles. The number of amides is 1. The van der Waals surface area contributed by atoms with E-state index in [9.17, 15) is 14.9 Å². The van der Waals surface area contributed by atoms with Crippen LogP contribution in [0.4, 0.5) is 11.4 Å². The van der Waals surface area contributed by atoms with Crippen LogP contribution < -0.4 is 10.6 Å². The van der Waals surface area contributed by atoms with Crippen LogP contribution in [0.25, 0.3) is 0 Å². The Morgan fingerprint density at radius 1 is 1.45 bits per heavy atom. The lowest BCUT2D eigenvalue weighted by atomic mass is 10.2. The number of anilines is 1. The molecule has 1 aromatic rings. The van der Waals surface area contributed by atoms with Gasteiger partial charge in [-0.05, 0) is 54.0 Å². The number of nitro benzene ring substituents is 1. The molecule has 6 nitrogen and oxygen atoms in total. The van der Waals surface area contributed by atoms with Crippen molar-refractivity contribution in [1.82, 2.24) is 5.32 Å². The first-order valence-corrected chi connectivity index (χ1v) is 7.61. The molecule has 108 valence electrons. The molecule has 0 aromatic heterocycles. The van der Waals surface area contributed by atoms with Gasteiger partial charge in [0.1, 0.15) is 5.69 Å². The maximum Gasteiger partial charge on any atom is 0.293 e. The Labute approximate surface area is 130 Å². The fourth-order valence-electron chi connectivity index (χ4n) is 1.80. The van der Waals surface area contributed by atoms with E-state index in [1.54, 1.807) is 6.07 Å². The van der Waals surface area contributed by atoms with E-state index < -0.39 is 4.92 Å². The number of carbonyl (C=O) groups is 1. The monoisotopic (exact) mass is 389 g/mol. The van der Waals surface area contributed by atoms with Crippen molar-refractivity contribution >= 4 is 39.9 Å². The van der Waals surface area contributed by atoms with E-state index in [1.165, 1.54) is 6.07 Å². The number of nitrogens with zero attached hydrogens (tertiary/aromatic N) is 1. The number of nitro groups is 1. The molecular formula is C13H16IN3O3. The van der Waals surface area contributed by atoms with Crippen molar-refractivity contribution in [3.8, 4) is 0 Å². The van der Waals surface area contributed by atoms with Gasteiger partial charge in [-0.1, -0.05) is 0 Å². The van der Waals surface area contributed by atoms with Gasteiger partial charge in [0.05, 0.1) is 4.92 Å². The molecule has 7 heteroatoms. The van der Waals surface area contributed by atoms with Crippen molar-refractivity contribution < 1.29 is 9.72 Å². The van der Waals surface area contributed by atoms with Crippen LogP contribution in [0.5, 0.6) is 0 Å². The highest BCUT2D eigenvalue weighted by atomic mass is 127. The predicted octanol–water partition coefficient (Wildman–Crippen LogP) is 2.67. The molecule has 1 aliphatic rings. The SMILES string of the molecule is O=C(CCCNc1ccc(I)cc1[N+](=O)[O-])NC1CC1. The number of carbonyl (C=O) groups excluding carboxylic acids is 1. The summed E-state index contributed by atoms with van der Waals surface area (Å²) in [5, 5.41) is 16.9. The van der Waals surface area contributed by atoms with Crippen LogP contribution >= 0.6 is 22.6 Å². The van der Waals surface area contributed by atoms with Crippen LogP contribution in [0.1, 0.15) is 25.7 Å². The molecule has 0 heterocycles. The Morgan fingerprint density at radius 2 is 2.20 bits per heavy atom. The van der Waals surface area contributed by atoms with Crippen LogP contribution in [-0.2, 0) is 4.79 Å². The second-order valence-electron chi connectivity index (χ2n) is 4.79. The van der Waals surface area contributed by atoms with Gasteiger partial charge < -0.3 is 10.6 Å². The average molecular weight is 389 g/mol. The van der Waals surface area contributed by atoms with Crippen LogP contribution in [-0.4, -0.2) is 23.4 Å². The molecule has 0 bridgehead atoms. The summed E-state index contributed by atoms with van der Waals surface area (Å²) in [4.78, 5) is 22.0. The summed E-state index contributed by atoms with van der Waals surface area (Å²) in [6.45, 7) is 0.541. The lowest BCUT2D eigenvalue weighted by Gasteiger charge is -2.07. The van der Waals surface area contributed by atoms with E-state index in [0.717, 1.165) is 16.4 Å². The van der Waals surface area contributed by atoms with Crippen molar-refractivity contribution in [1.29, 1.82) is 0 Å². The van der Waals surface area contributed by atoms with E-state index >= 15 is 0 Å². The highest BCUT2D eigenvalue weighted by Crippen LogP contribution is 2.26. The zero-order valence-electron chi connectivity index (χ0n) is 10.9. The summed E-state index contributed by atoms with van der Waals surface area (Å²) < 4.78 is 0.823. The number of hydrogen-bond acceptors (Lipinski definition) is 4. The molecule has 1 fully saturated rings. The van der Waals surface area contributed by atoms with Gasteiger partial charge in [0.2, 0.25) is 5.91 Å². The molecule has 1 aliphatic carbocycles. The predicted molar refractivity (Wildman–Crippen MR) is 84.7 cm³/mol. The second kappa shape index (κ2) is 6.87. The Kier molecular flexibility index (Phi) is 5.16. The molecule has 0 spiro atoms. The summed E-state index contributed by atoms with van der Waals surface area (Å²) in [6, 6.07) is 5.43. The number of benzene rings is 1. The van der Waals surface area contributed by atoms with E-state index in [1.807, 2.05) is 28.7 Å². The molecule has 2 rings (SSSR count). The standard InChI is InChI=1S/C13H16IN3O3/c14-9-3-6-11(12(8-9)17(19)20)15-7-1-2-13(18)16-10-4-5-10/h3,6,8,10,15H,1-2,4-5,7H2,(H,16,18). The first-order chi connectivity index (χ1) is 9.56. The quantitative estimate of drug-likeness (QED) is 0.325. The topological polar surface area (TPSA) is 84.3 Å². The van der Waals surface area contributed by atoms with Gasteiger partial charge in [0, 0.05) is 28.6 Å². The van der Waals surface area contributed by atoms with Crippen molar-refractivity contribution in [2.75, 3.05) is 11.9 Å². The largest absolute Gasteiger partial charge is 0.379 e. The fraction of sp³-hybridized carbons (Fsp3) is 0.462. The van der Waals surface area contributed by atoms with Crippen LogP contribution in [0.3, 0.4) is 0 Å². The first-order valence-electron chi connectivity index (χ1n) is 6.53. The highest BCUT2D eigenvalue weighted by Gasteiger charge is 2.22. The van der Waals surface area contributed by atoms with Crippen LogP contribution in [0.15, 0.2) is 18.2 Å². The van der Waals surface area contributed by atoms with E-state index in [4.69, 9.17) is 0 Å². The smallest absolute Gasteiger partial charge is 0.293 e. The minimum Gasteiger partial charge on any atom is -0.379 e. The molecule has 1 aromatic carbocycles. The highest BCUT2D eigenvalue weighted by molar-refractivity contribution is 14.1. The molecule has 1 amide bonds. The second-order valence-corrected chi connectivity index (χ2v) is 6.04. The van der Waals surface area contributed by atoms with Gasteiger partial charge in [-0.2, -0.15) is 0 Å². The molecule has 1 saturated carbocycles. The Morgan fingerprint density at radius 3 is 2.85 bits per heavy atom. The van der Waals surface area contributed by atoms with Crippen molar-refractivity contribution in [2.45, 2.75) is 31.7 Å². The summed E-state index contributed by atoms with van der Waals surface area (Å²) >= 11 is 2.04. The van der Waals surface area contributed by atoms with E-state index in [0.29, 0.717) is 31.1 Å². The number of rotatable bonds is 7. The van der Waals surface area contributed by atoms with Crippen molar-refractivity contribution in [2.24, 2.45) is 0 Å². The maximum atomic E-state index is 11.5. The van der Waals surface area contributed by atoms with Crippen LogP contribution in [0.2, 0.25) is 0 Å². The Balaban J connectivity index is 1.78. The van der Waals surface area contributed by atoms with Gasteiger partial charge >= 0.3 is 0 Å².